The molecule has 0 radical (unpaired) electrons. The number of aliphatic carboxylic acids is 1. The Bertz CT molecular complexity index is 307. The minimum atomic E-state index is -0.765. The number of nitrogens with zero attached hydrogens (tertiary/aromatic N) is 3. The van der Waals surface area contributed by atoms with Gasteiger partial charge in [-0.3, -0.25) is 4.79 Å². The Labute approximate surface area is 107 Å². The SMILES string of the molecule is CC1CCC(C(NCCCN=[N+]=[N-])C(=O)O)CC1. The minimum absolute atomic E-state index is 0.234. The van der Waals surface area contributed by atoms with Crippen molar-refractivity contribution in [3.63, 3.8) is 0 Å². The van der Waals surface area contributed by atoms with Crippen molar-refractivity contribution in [2.45, 2.75) is 45.1 Å². The molecule has 0 amide bonds. The van der Waals surface area contributed by atoms with E-state index in [-0.39, 0.29) is 5.92 Å². The van der Waals surface area contributed by atoms with Gasteiger partial charge < -0.3 is 10.4 Å². The van der Waals surface area contributed by atoms with Crippen LogP contribution < -0.4 is 5.32 Å². The average molecular weight is 254 g/mol. The fraction of sp³-hybridized carbons (Fsp3) is 0.917. The van der Waals surface area contributed by atoms with Crippen LogP contribution in [0.15, 0.2) is 5.11 Å². The molecule has 1 atom stereocenters. The Hall–Kier alpha value is -1.26. The first kappa shape index (κ1) is 14.8. The first-order valence-electron chi connectivity index (χ1n) is 6.62. The molecule has 1 saturated carbocycles. The molecule has 0 spiro atoms. The van der Waals surface area contributed by atoms with Gasteiger partial charge in [-0.15, -0.1) is 0 Å². The number of carbonyl (C=O) groups is 1. The zero-order chi connectivity index (χ0) is 13.4. The van der Waals surface area contributed by atoms with Crippen molar-refractivity contribution in [2.24, 2.45) is 17.0 Å². The summed E-state index contributed by atoms with van der Waals surface area (Å²) in [4.78, 5) is 13.9. The van der Waals surface area contributed by atoms with Crippen molar-refractivity contribution in [2.75, 3.05) is 13.1 Å². The molecule has 6 heteroatoms. The quantitative estimate of drug-likeness (QED) is 0.316. The van der Waals surface area contributed by atoms with Gasteiger partial charge in [0, 0.05) is 11.5 Å². The molecule has 6 nitrogen and oxygen atoms in total. The number of hydrogen-bond acceptors (Lipinski definition) is 3. The standard InChI is InChI=1S/C12H22N4O2/c1-9-3-5-10(6-4-9)11(12(17)18)14-7-2-8-15-16-13/h9-11,14H,2-8H2,1H3,(H,17,18). The van der Waals surface area contributed by atoms with E-state index in [4.69, 9.17) is 5.53 Å². The van der Waals surface area contributed by atoms with E-state index in [1.807, 2.05) is 0 Å². The van der Waals surface area contributed by atoms with Crippen LogP contribution in [0, 0.1) is 11.8 Å². The molecule has 1 fully saturated rings. The van der Waals surface area contributed by atoms with Gasteiger partial charge in [0.2, 0.25) is 0 Å². The maximum Gasteiger partial charge on any atom is 0.320 e. The zero-order valence-electron chi connectivity index (χ0n) is 10.9. The van der Waals surface area contributed by atoms with E-state index in [2.05, 4.69) is 22.3 Å². The molecule has 0 heterocycles. The fourth-order valence-electron chi connectivity index (χ4n) is 2.53. The molecule has 102 valence electrons. The molecule has 1 rings (SSSR count). The van der Waals surface area contributed by atoms with Gasteiger partial charge in [-0.05, 0) is 43.2 Å². The Morgan fingerprint density at radius 3 is 2.72 bits per heavy atom. The normalized spacial score (nSPS) is 25.2. The Morgan fingerprint density at radius 1 is 1.50 bits per heavy atom. The Morgan fingerprint density at radius 2 is 2.17 bits per heavy atom. The summed E-state index contributed by atoms with van der Waals surface area (Å²) in [7, 11) is 0. The number of rotatable bonds is 7. The van der Waals surface area contributed by atoms with Gasteiger partial charge in [-0.2, -0.15) is 0 Å². The van der Waals surface area contributed by atoms with Crippen LogP contribution in [-0.2, 0) is 4.79 Å². The van der Waals surface area contributed by atoms with Crippen LogP contribution in [-0.4, -0.2) is 30.2 Å². The van der Waals surface area contributed by atoms with Crippen LogP contribution in [0.5, 0.6) is 0 Å². The molecule has 2 N–H and O–H groups in total. The zero-order valence-corrected chi connectivity index (χ0v) is 10.9. The molecule has 0 saturated heterocycles. The lowest BCUT2D eigenvalue weighted by molar-refractivity contribution is -0.141. The number of carboxylic acids is 1. The van der Waals surface area contributed by atoms with Crippen LogP contribution in [0.4, 0.5) is 0 Å². The summed E-state index contributed by atoms with van der Waals surface area (Å²) in [5.74, 6) is 0.192. The van der Waals surface area contributed by atoms with E-state index in [1.165, 1.54) is 0 Å². The molecular weight excluding hydrogens is 232 g/mol. The molecule has 0 aromatic carbocycles. The highest BCUT2D eigenvalue weighted by Gasteiger charge is 2.30. The van der Waals surface area contributed by atoms with Gasteiger partial charge >= 0.3 is 5.97 Å². The van der Waals surface area contributed by atoms with Gasteiger partial charge in [-0.1, -0.05) is 24.9 Å². The molecule has 1 unspecified atom stereocenters. The second kappa shape index (κ2) is 7.95. The second-order valence-electron chi connectivity index (χ2n) is 5.10. The highest BCUT2D eigenvalue weighted by atomic mass is 16.4. The molecular formula is C12H22N4O2. The summed E-state index contributed by atoms with van der Waals surface area (Å²) in [6.07, 6.45) is 4.89. The van der Waals surface area contributed by atoms with Crippen molar-refractivity contribution in [3.8, 4) is 0 Å². The lowest BCUT2D eigenvalue weighted by Crippen LogP contribution is -2.44. The molecule has 1 aliphatic rings. The molecule has 0 aromatic heterocycles. The molecule has 0 bridgehead atoms. The lowest BCUT2D eigenvalue weighted by atomic mass is 9.79. The summed E-state index contributed by atoms with van der Waals surface area (Å²) >= 11 is 0. The average Bonchev–Trinajstić information content (AvgIpc) is 2.35. The maximum atomic E-state index is 11.3. The number of azide groups is 1. The molecule has 18 heavy (non-hydrogen) atoms. The summed E-state index contributed by atoms with van der Waals surface area (Å²) < 4.78 is 0. The first-order valence-corrected chi connectivity index (χ1v) is 6.62. The third-order valence-corrected chi connectivity index (χ3v) is 3.66. The van der Waals surface area contributed by atoms with E-state index in [9.17, 15) is 9.90 Å². The van der Waals surface area contributed by atoms with E-state index >= 15 is 0 Å². The minimum Gasteiger partial charge on any atom is -0.480 e. The monoisotopic (exact) mass is 254 g/mol. The number of hydrogen-bond donors (Lipinski definition) is 2. The number of carboxylic acid groups (broad SMARTS) is 1. The van der Waals surface area contributed by atoms with Gasteiger partial charge in [-0.25, -0.2) is 0 Å². The highest BCUT2D eigenvalue weighted by molar-refractivity contribution is 5.73. The van der Waals surface area contributed by atoms with Crippen molar-refractivity contribution in [1.29, 1.82) is 0 Å². The third kappa shape index (κ3) is 4.94. The van der Waals surface area contributed by atoms with Crippen LogP contribution in [0.2, 0.25) is 0 Å². The van der Waals surface area contributed by atoms with Crippen molar-refractivity contribution < 1.29 is 9.90 Å². The van der Waals surface area contributed by atoms with Gasteiger partial charge in [0.25, 0.3) is 0 Å². The smallest absolute Gasteiger partial charge is 0.320 e. The lowest BCUT2D eigenvalue weighted by Gasteiger charge is -2.31. The van der Waals surface area contributed by atoms with Crippen molar-refractivity contribution >= 4 is 5.97 Å². The molecule has 1 aliphatic carbocycles. The topological polar surface area (TPSA) is 98.1 Å². The van der Waals surface area contributed by atoms with E-state index in [0.29, 0.717) is 19.5 Å². The summed E-state index contributed by atoms with van der Waals surface area (Å²) in [6.45, 7) is 3.22. The molecule has 0 aromatic rings. The third-order valence-electron chi connectivity index (χ3n) is 3.66. The first-order chi connectivity index (χ1) is 8.65. The van der Waals surface area contributed by atoms with E-state index < -0.39 is 12.0 Å². The Kier molecular flexibility index (Phi) is 6.54. The molecule has 0 aliphatic heterocycles. The number of nitrogens with one attached hydrogen (secondary N) is 1. The van der Waals surface area contributed by atoms with Crippen molar-refractivity contribution in [1.82, 2.24) is 5.32 Å². The predicted octanol–water partition coefficient (Wildman–Crippen LogP) is 2.56. The maximum absolute atomic E-state index is 11.3. The van der Waals surface area contributed by atoms with Crippen molar-refractivity contribution in [3.05, 3.63) is 10.4 Å². The Balaban J connectivity index is 2.35. The summed E-state index contributed by atoms with van der Waals surface area (Å²) in [5, 5.41) is 15.8. The van der Waals surface area contributed by atoms with Crippen LogP contribution >= 0.6 is 0 Å². The largest absolute Gasteiger partial charge is 0.480 e. The van der Waals surface area contributed by atoms with E-state index in [1.54, 1.807) is 0 Å². The van der Waals surface area contributed by atoms with Crippen LogP contribution in [0.1, 0.15) is 39.0 Å². The van der Waals surface area contributed by atoms with Crippen LogP contribution in [0.3, 0.4) is 0 Å². The predicted molar refractivity (Wildman–Crippen MR) is 69.2 cm³/mol. The van der Waals surface area contributed by atoms with Gasteiger partial charge in [0.05, 0.1) is 0 Å². The summed E-state index contributed by atoms with van der Waals surface area (Å²) in [6, 6.07) is -0.455. The van der Waals surface area contributed by atoms with Crippen LogP contribution in [0.25, 0.3) is 10.4 Å². The van der Waals surface area contributed by atoms with Gasteiger partial charge in [0.1, 0.15) is 6.04 Å². The van der Waals surface area contributed by atoms with E-state index in [0.717, 1.165) is 31.6 Å². The summed E-state index contributed by atoms with van der Waals surface area (Å²) in [5.41, 5.74) is 8.14. The van der Waals surface area contributed by atoms with Gasteiger partial charge in [0.15, 0.2) is 0 Å². The fourth-order valence-corrected chi connectivity index (χ4v) is 2.53. The highest BCUT2D eigenvalue weighted by Crippen LogP contribution is 2.30. The second-order valence-corrected chi connectivity index (χ2v) is 5.10.